The van der Waals surface area contributed by atoms with Crippen molar-refractivity contribution in [3.63, 3.8) is 0 Å². The van der Waals surface area contributed by atoms with Crippen LogP contribution in [0.2, 0.25) is 0 Å². The number of carbonyl (C=O) groups is 12. The number of nitrogens with two attached hydrogens (primary N) is 5. The molecule has 1 aromatic heterocycles. The Balaban J connectivity index is 1.95. The predicted molar refractivity (Wildman–Crippen MR) is 412 cm³/mol. The van der Waals surface area contributed by atoms with Crippen molar-refractivity contribution in [2.75, 3.05) is 64.5 Å². The zero-order valence-electron chi connectivity index (χ0n) is 64.3. The molecule has 1 aliphatic heterocycles. The molecule has 0 bridgehead atoms. The van der Waals surface area contributed by atoms with Gasteiger partial charge in [-0.25, -0.2) is 9.55 Å². The van der Waals surface area contributed by atoms with Crippen molar-refractivity contribution in [3.8, 4) is 5.75 Å². The number of nitrogens with one attached hydrogen (secondary N) is 16. The molecule has 14 atom stereocenters. The van der Waals surface area contributed by atoms with Gasteiger partial charge in [0, 0.05) is 51.1 Å². The number of aliphatic hydroxyl groups is 1. The van der Waals surface area contributed by atoms with Gasteiger partial charge in [0.2, 0.25) is 70.9 Å². The number of H-pyrrole nitrogens is 1. The van der Waals surface area contributed by atoms with E-state index in [0.29, 0.717) is 50.0 Å². The first-order chi connectivity index (χ1) is 52.9. The molecule has 0 saturated carbocycles. The third kappa shape index (κ3) is 36.4. The number of aromatic hydroxyl groups is 1. The van der Waals surface area contributed by atoms with E-state index in [1.807, 2.05) is 6.92 Å². The number of aromatic nitrogens is 2. The summed E-state index contributed by atoms with van der Waals surface area (Å²) in [7, 11) is -5.36. The molecule has 2 heterocycles. The molecule has 2 unspecified atom stereocenters. The number of phenols is 1. The van der Waals surface area contributed by atoms with Crippen LogP contribution in [0.4, 0.5) is 0 Å². The van der Waals surface area contributed by atoms with Crippen molar-refractivity contribution < 1.29 is 91.2 Å². The van der Waals surface area contributed by atoms with Gasteiger partial charge in [-0.2, -0.15) is 0 Å². The molecule has 1 saturated heterocycles. The third-order valence-electron chi connectivity index (χ3n) is 18.2. The maximum absolute atomic E-state index is 14.7. The topological polar surface area (TPSA) is 701 Å². The summed E-state index contributed by atoms with van der Waals surface area (Å²) in [5.41, 5.74) is 29.1. The minimum Gasteiger partial charge on any atom is -0.617 e. The van der Waals surface area contributed by atoms with Crippen LogP contribution in [0, 0.1) is 22.7 Å². The fraction of sp³-hybridized carbons (Fsp3) is 0.662. The molecule has 2 aromatic rings. The van der Waals surface area contributed by atoms with E-state index in [2.05, 4.69) is 83.6 Å². The van der Waals surface area contributed by atoms with Crippen molar-refractivity contribution in [1.82, 2.24) is 84.0 Å². The predicted octanol–water partition coefficient (Wildman–Crippen LogP) is -6.44. The number of carbonyl (C=O) groups excluding carboxylic acids is 12. The Morgan fingerprint density at radius 2 is 1.12 bits per heavy atom. The Kier molecular flexibility index (Phi) is 43.8. The van der Waals surface area contributed by atoms with E-state index in [1.165, 1.54) is 56.9 Å². The van der Waals surface area contributed by atoms with Gasteiger partial charge in [-0.05, 0) is 127 Å². The summed E-state index contributed by atoms with van der Waals surface area (Å²) < 4.78 is 29.2. The first-order valence-corrected chi connectivity index (χ1v) is 40.5. The monoisotopic (exact) mass is 1620 g/mol. The summed E-state index contributed by atoms with van der Waals surface area (Å²) in [5, 5.41) is 68.7. The second-order valence-electron chi connectivity index (χ2n) is 27.7. The average molecular weight is 1620 g/mol. The fourth-order valence-corrected chi connectivity index (χ4v) is 12.5. The van der Waals surface area contributed by atoms with Crippen LogP contribution >= 0.6 is 7.82 Å². The first-order valence-electron chi connectivity index (χ1n) is 37.2. The summed E-state index contributed by atoms with van der Waals surface area (Å²) in [4.78, 5) is 198. The lowest BCUT2D eigenvalue weighted by Gasteiger charge is -2.29. The summed E-state index contributed by atoms with van der Waals surface area (Å²) in [6.45, 7) is 6.38. The molecule has 112 heavy (non-hydrogen) atoms. The molecule has 1 aromatic carbocycles. The number of aliphatic hydroxyl groups excluding tert-OH is 1. The van der Waals surface area contributed by atoms with E-state index in [9.17, 15) is 86.7 Å². The third-order valence-corrected chi connectivity index (χ3v) is 19.5. The Hall–Kier alpha value is -9.33. The van der Waals surface area contributed by atoms with E-state index < -0.39 is 188 Å². The lowest BCUT2D eigenvalue weighted by molar-refractivity contribution is -0.137. The number of rotatable bonds is 53. The van der Waals surface area contributed by atoms with Crippen LogP contribution in [-0.2, 0) is 90.6 Å². The smallest absolute Gasteiger partial charge is 0.469 e. The number of likely N-dealkylation sites (tertiary alicyclic amines) is 1. The second-order valence-corrected chi connectivity index (χ2v) is 30.5. The highest BCUT2D eigenvalue weighted by Gasteiger charge is 2.39. The van der Waals surface area contributed by atoms with Crippen molar-refractivity contribution >= 4 is 102 Å². The second kappa shape index (κ2) is 50.6. The zero-order valence-corrected chi connectivity index (χ0v) is 66.0. The molecule has 42 nitrogen and oxygen atoms in total. The number of phosphoric acid groups is 1. The van der Waals surface area contributed by atoms with E-state index >= 15 is 0 Å². The normalized spacial score (nSPS) is 16.2. The van der Waals surface area contributed by atoms with E-state index in [4.69, 9.17) is 39.5 Å². The zero-order chi connectivity index (χ0) is 83.8. The van der Waals surface area contributed by atoms with Gasteiger partial charge in [0.25, 0.3) is 0 Å². The number of phosphoric ester groups is 1. The van der Waals surface area contributed by atoms with Gasteiger partial charge in [0.15, 0.2) is 11.9 Å². The van der Waals surface area contributed by atoms with E-state index in [0.717, 1.165) is 12.8 Å². The number of guanidine groups is 2. The number of aromatic amines is 1. The lowest BCUT2D eigenvalue weighted by atomic mass is 9.96. The summed E-state index contributed by atoms with van der Waals surface area (Å²) in [5.74, 6) is -13.7. The fourth-order valence-electron chi connectivity index (χ4n) is 11.6. The summed E-state index contributed by atoms with van der Waals surface area (Å²) >= 11 is -1.56. The average Bonchev–Trinajstić information content (AvgIpc) is 1.54. The van der Waals surface area contributed by atoms with Crippen molar-refractivity contribution in [2.45, 2.75) is 210 Å². The molecular weight excluding hydrogens is 1510 g/mol. The first kappa shape index (κ1) is 96.9. The Morgan fingerprint density at radius 1 is 0.634 bits per heavy atom. The van der Waals surface area contributed by atoms with Gasteiger partial charge in [-0.15, -0.1) is 0 Å². The maximum atomic E-state index is 14.7. The largest absolute Gasteiger partial charge is 0.617 e. The maximum Gasteiger partial charge on any atom is 0.469 e. The number of imidazole rings is 1. The molecule has 1 fully saturated rings. The molecule has 0 spiro atoms. The van der Waals surface area contributed by atoms with Crippen LogP contribution in [-0.4, -0.2) is 259 Å². The van der Waals surface area contributed by atoms with E-state index in [1.54, 1.807) is 18.7 Å². The van der Waals surface area contributed by atoms with Gasteiger partial charge >= 0.3 is 7.82 Å². The number of amides is 12. The molecule has 0 aliphatic carbocycles. The highest BCUT2D eigenvalue weighted by atomic mass is 32.2. The molecule has 630 valence electrons. The van der Waals surface area contributed by atoms with Crippen LogP contribution in [0.1, 0.15) is 136 Å². The van der Waals surface area contributed by atoms with Crippen molar-refractivity contribution in [3.05, 3.63) is 48.0 Å². The van der Waals surface area contributed by atoms with Crippen LogP contribution in [0.5, 0.6) is 5.75 Å². The number of unbranched alkanes of at least 4 members (excludes halogenated alkanes) is 2. The molecule has 30 N–H and O–H groups in total. The Labute approximate surface area is 653 Å². The van der Waals surface area contributed by atoms with Crippen LogP contribution in [0.15, 0.2) is 36.8 Å². The number of phenolic OH excluding ortho intramolecular Hbond substituents is 1. The van der Waals surface area contributed by atoms with Crippen LogP contribution < -0.4 is 97.8 Å². The molecule has 44 heteroatoms. The number of hydrogen-bond acceptors (Lipinski definition) is 23. The molecule has 0 radical (unpaired) electrons. The lowest BCUT2D eigenvalue weighted by Crippen LogP contribution is -2.62. The van der Waals surface area contributed by atoms with Crippen LogP contribution in [0.3, 0.4) is 0 Å². The summed E-state index contributed by atoms with van der Waals surface area (Å²) in [6, 6.07) is -11.4. The molecular formula is C68H118N23O19PS. The summed E-state index contributed by atoms with van der Waals surface area (Å²) in [6.07, 6.45) is 6.76. The highest BCUT2D eigenvalue weighted by Crippen LogP contribution is 2.35. The highest BCUT2D eigenvalue weighted by molar-refractivity contribution is 7.90. The van der Waals surface area contributed by atoms with Crippen molar-refractivity contribution in [2.24, 2.45) is 40.5 Å². The Morgan fingerprint density at radius 3 is 1.62 bits per heavy atom. The van der Waals surface area contributed by atoms with Crippen molar-refractivity contribution in [1.29, 1.82) is 10.8 Å². The van der Waals surface area contributed by atoms with Crippen LogP contribution in [0.25, 0.3) is 0 Å². The van der Waals surface area contributed by atoms with Gasteiger partial charge in [-0.1, -0.05) is 57.4 Å². The minimum absolute atomic E-state index is 0.0326. The molecule has 1 aliphatic rings. The quantitative estimate of drug-likeness (QED) is 0.00963. The number of nitrogens with zero attached hydrogens (tertiary/aromatic N) is 2. The van der Waals surface area contributed by atoms with Gasteiger partial charge < -0.3 is 132 Å². The standard InChI is InChI=1S/C68H118N23O19PS/c1-7-39(4)55(90-56(95)44(71)16-12-27-77-67(72)73)65(104)86-50(32-42-33-76-37-80-42)62(101)84-47(24-30-112(6)109)60(99)89-54(38(2)3)64(103)85-49(31-41-20-22-43(93)23-21-41)61(100)87-51(35-92)63(102)83-45(17-8-10-25-69)58(97)82-46(19-13-28-78-68(74)75)59(98)88-52(36-110-111(106,107)108)57(96)79-34-53(94)81-48(18-9-11-26-70)66(105)91-29-14-15-40(91)5/h20-23,33,37-40,44-52,54-55,92-93H,7-19,24-32,34-36,69-71H2,1-6H3,(H,76,80)(H,79,96)(H,81,94)(H,82,97)(H,83,102)(H,84,101)(H,85,103)(H,86,104)(H,87,100)(H,88,98)(H,89,99)(H,90,95)(H4,72,73,77)(H4,74,75,78)(H2,106,107,108)/t39-,40+,44+,45?,46-,47-,48-,49-,50-,51-,52-,54-,55-,112?/m0/s1. The number of benzene rings is 1. The van der Waals surface area contributed by atoms with Gasteiger partial charge in [0.05, 0.1) is 44.1 Å². The minimum atomic E-state index is -5.36. The number of hydrogen-bond donors (Lipinski definition) is 25. The van der Waals surface area contributed by atoms with E-state index in [-0.39, 0.29) is 113 Å². The SMILES string of the molecule is CC[C@H](C)[C@H](NC(=O)[C@H](N)CCCNC(=N)N)C(=O)N[C@@H](Cc1c[nH]cn1)C(=O)N[C@@H](CC[S+](C)[O-])C(=O)N[C@H](C(=O)N[C@@H](Cc1ccc(O)cc1)C(=O)N[C@@H](CO)C(=O)NC(CCCCN)C(=O)N[C@@H](CCCNC(=N)N)C(=O)N[C@@H](COP(=O)(O)O)C(=O)NCC(=O)N[C@@H](CCCCN)C(=O)N1CCC[C@H]1C)C(C)C. The van der Waals surface area contributed by atoms with Gasteiger partial charge in [-0.3, -0.25) is 72.9 Å². The molecule has 12 amide bonds. The molecule has 3 rings (SSSR count). The Bertz CT molecular complexity index is 3440. The van der Waals surface area contributed by atoms with Gasteiger partial charge in [0.1, 0.15) is 71.9 Å².